The van der Waals surface area contributed by atoms with Crippen LogP contribution < -0.4 is 20.3 Å². The topological polar surface area (TPSA) is 61.8 Å². The summed E-state index contributed by atoms with van der Waals surface area (Å²) in [6.45, 7) is 10.1. The zero-order valence-electron chi connectivity index (χ0n) is 18.7. The summed E-state index contributed by atoms with van der Waals surface area (Å²) < 4.78 is 5.77. The van der Waals surface area contributed by atoms with Crippen molar-refractivity contribution in [3.05, 3.63) is 53.7 Å². The van der Waals surface area contributed by atoms with Gasteiger partial charge in [-0.3, -0.25) is 4.99 Å². The molecular formula is C24H35N5O. The fourth-order valence-corrected chi connectivity index (χ4v) is 3.44. The van der Waals surface area contributed by atoms with Gasteiger partial charge in [0.1, 0.15) is 11.6 Å². The third kappa shape index (κ3) is 6.37. The molecule has 1 saturated heterocycles. The maximum atomic E-state index is 5.77. The molecule has 2 N–H and O–H groups in total. The first-order valence-corrected chi connectivity index (χ1v) is 10.9. The number of nitrogens with one attached hydrogen (secondary N) is 2. The largest absolute Gasteiger partial charge is 0.493 e. The molecule has 6 heteroatoms. The van der Waals surface area contributed by atoms with Gasteiger partial charge in [0, 0.05) is 32.9 Å². The average molecular weight is 410 g/mol. The van der Waals surface area contributed by atoms with E-state index in [1.165, 1.54) is 18.4 Å². The Kier molecular flexibility index (Phi) is 7.94. The molecule has 162 valence electrons. The molecule has 1 aromatic heterocycles. The van der Waals surface area contributed by atoms with Gasteiger partial charge in [0.15, 0.2) is 5.96 Å². The van der Waals surface area contributed by atoms with Gasteiger partial charge in [-0.15, -0.1) is 0 Å². The molecular weight excluding hydrogens is 374 g/mol. The van der Waals surface area contributed by atoms with Crippen LogP contribution in [0.3, 0.4) is 0 Å². The number of rotatable bonds is 8. The van der Waals surface area contributed by atoms with E-state index in [-0.39, 0.29) is 6.04 Å². The molecule has 3 rings (SSSR count). The smallest absolute Gasteiger partial charge is 0.191 e. The van der Waals surface area contributed by atoms with Crippen LogP contribution in [0.25, 0.3) is 0 Å². The molecule has 1 fully saturated rings. The van der Waals surface area contributed by atoms with E-state index in [1.54, 1.807) is 7.05 Å². The van der Waals surface area contributed by atoms with Crippen LogP contribution in [-0.2, 0) is 6.54 Å². The third-order valence-electron chi connectivity index (χ3n) is 5.24. The van der Waals surface area contributed by atoms with E-state index in [2.05, 4.69) is 70.5 Å². The maximum absolute atomic E-state index is 5.77. The zero-order chi connectivity index (χ0) is 21.3. The number of ether oxygens (including phenoxy) is 1. The van der Waals surface area contributed by atoms with Crippen molar-refractivity contribution in [1.82, 2.24) is 15.6 Å². The first kappa shape index (κ1) is 21.9. The molecule has 6 nitrogen and oxygen atoms in total. The van der Waals surface area contributed by atoms with E-state index >= 15 is 0 Å². The minimum absolute atomic E-state index is 0.131. The van der Waals surface area contributed by atoms with Gasteiger partial charge in [0.25, 0.3) is 0 Å². The number of hydrogen-bond donors (Lipinski definition) is 2. The molecule has 1 aliphatic rings. The van der Waals surface area contributed by atoms with Gasteiger partial charge in [-0.1, -0.05) is 32.0 Å². The van der Waals surface area contributed by atoms with Gasteiger partial charge in [0.2, 0.25) is 0 Å². The molecule has 30 heavy (non-hydrogen) atoms. The van der Waals surface area contributed by atoms with Gasteiger partial charge in [-0.25, -0.2) is 4.98 Å². The maximum Gasteiger partial charge on any atom is 0.191 e. The first-order chi connectivity index (χ1) is 14.5. The lowest BCUT2D eigenvalue weighted by atomic mass is 10.1. The van der Waals surface area contributed by atoms with Gasteiger partial charge in [-0.05, 0) is 55.0 Å². The van der Waals surface area contributed by atoms with Crippen LogP contribution in [0.1, 0.15) is 50.8 Å². The molecule has 0 amide bonds. The summed E-state index contributed by atoms with van der Waals surface area (Å²) in [7, 11) is 1.79. The van der Waals surface area contributed by atoms with E-state index in [9.17, 15) is 0 Å². The highest BCUT2D eigenvalue weighted by Crippen LogP contribution is 2.19. The second-order valence-electron chi connectivity index (χ2n) is 8.28. The molecule has 0 radical (unpaired) electrons. The molecule has 1 unspecified atom stereocenters. The Morgan fingerprint density at radius 3 is 2.43 bits per heavy atom. The Morgan fingerprint density at radius 2 is 1.83 bits per heavy atom. The van der Waals surface area contributed by atoms with Gasteiger partial charge >= 0.3 is 0 Å². The van der Waals surface area contributed by atoms with Crippen molar-refractivity contribution in [3.63, 3.8) is 0 Å². The number of anilines is 1. The molecule has 1 aliphatic heterocycles. The van der Waals surface area contributed by atoms with Crippen molar-refractivity contribution in [2.45, 2.75) is 46.2 Å². The third-order valence-corrected chi connectivity index (χ3v) is 5.24. The average Bonchev–Trinajstić information content (AvgIpc) is 3.30. The summed E-state index contributed by atoms with van der Waals surface area (Å²) in [5.41, 5.74) is 2.33. The van der Waals surface area contributed by atoms with Crippen molar-refractivity contribution in [2.24, 2.45) is 10.9 Å². The van der Waals surface area contributed by atoms with E-state index in [1.807, 2.05) is 18.3 Å². The van der Waals surface area contributed by atoms with Crippen LogP contribution in [0.5, 0.6) is 5.75 Å². The van der Waals surface area contributed by atoms with E-state index in [0.29, 0.717) is 12.5 Å². The van der Waals surface area contributed by atoms with E-state index < -0.39 is 0 Å². The summed E-state index contributed by atoms with van der Waals surface area (Å²) in [5.74, 6) is 3.28. The second-order valence-corrected chi connectivity index (χ2v) is 8.28. The van der Waals surface area contributed by atoms with E-state index in [4.69, 9.17) is 4.74 Å². The predicted octanol–water partition coefficient (Wildman–Crippen LogP) is 4.14. The van der Waals surface area contributed by atoms with Crippen molar-refractivity contribution >= 4 is 11.8 Å². The van der Waals surface area contributed by atoms with Crippen LogP contribution in [0.2, 0.25) is 0 Å². The highest BCUT2D eigenvalue weighted by molar-refractivity contribution is 5.80. The first-order valence-electron chi connectivity index (χ1n) is 10.9. The van der Waals surface area contributed by atoms with Crippen LogP contribution in [-0.4, -0.2) is 37.7 Å². The second kappa shape index (κ2) is 10.9. The van der Waals surface area contributed by atoms with Gasteiger partial charge in [-0.2, -0.15) is 0 Å². The Balaban J connectivity index is 1.48. The standard InChI is InChI=1S/C24H35N5O/c1-18(2)17-30-22-10-8-21(9-11-22)19(3)28-24(25-4)27-16-20-7-12-23(26-15-20)29-13-5-6-14-29/h7-12,15,18-19H,5-6,13-14,16-17H2,1-4H3,(H2,25,27,28). The number of aliphatic imine (C=N–C) groups is 1. The fraction of sp³-hybridized carbons (Fsp3) is 0.500. The zero-order valence-corrected chi connectivity index (χ0v) is 18.7. The van der Waals surface area contributed by atoms with Crippen LogP contribution in [0.4, 0.5) is 5.82 Å². The Labute approximate surface area is 180 Å². The molecule has 0 spiro atoms. The Bertz CT molecular complexity index is 795. The summed E-state index contributed by atoms with van der Waals surface area (Å²) in [6.07, 6.45) is 4.48. The molecule has 1 atom stereocenters. The molecule has 0 aliphatic carbocycles. The van der Waals surface area contributed by atoms with Crippen LogP contribution in [0.15, 0.2) is 47.6 Å². The molecule has 0 saturated carbocycles. The molecule has 2 heterocycles. The lowest BCUT2D eigenvalue weighted by Crippen LogP contribution is -2.38. The van der Waals surface area contributed by atoms with E-state index in [0.717, 1.165) is 42.8 Å². The predicted molar refractivity (Wildman–Crippen MR) is 124 cm³/mol. The normalized spacial score (nSPS) is 15.4. The minimum atomic E-state index is 0.131. The van der Waals surface area contributed by atoms with Crippen molar-refractivity contribution in [1.29, 1.82) is 0 Å². The summed E-state index contributed by atoms with van der Waals surface area (Å²) >= 11 is 0. The van der Waals surface area contributed by atoms with Crippen LogP contribution >= 0.6 is 0 Å². The number of guanidine groups is 1. The number of aromatic nitrogens is 1. The fourth-order valence-electron chi connectivity index (χ4n) is 3.44. The van der Waals surface area contributed by atoms with Crippen molar-refractivity contribution in [3.8, 4) is 5.75 Å². The molecule has 0 bridgehead atoms. The Hall–Kier alpha value is -2.76. The highest BCUT2D eigenvalue weighted by Gasteiger charge is 2.13. The van der Waals surface area contributed by atoms with Gasteiger partial charge < -0.3 is 20.3 Å². The summed E-state index contributed by atoms with van der Waals surface area (Å²) in [5, 5.41) is 6.83. The van der Waals surface area contributed by atoms with Crippen LogP contribution in [0, 0.1) is 5.92 Å². The number of pyridine rings is 1. The SMILES string of the molecule is CN=C(NCc1ccc(N2CCCC2)nc1)NC(C)c1ccc(OCC(C)C)cc1. The summed E-state index contributed by atoms with van der Waals surface area (Å²) in [4.78, 5) is 11.3. The molecule has 1 aromatic carbocycles. The lowest BCUT2D eigenvalue weighted by Gasteiger charge is -2.19. The summed E-state index contributed by atoms with van der Waals surface area (Å²) in [6, 6.07) is 12.6. The quantitative estimate of drug-likeness (QED) is 0.507. The molecule has 2 aromatic rings. The Morgan fingerprint density at radius 1 is 1.10 bits per heavy atom. The lowest BCUT2D eigenvalue weighted by molar-refractivity contribution is 0.271. The minimum Gasteiger partial charge on any atom is -0.493 e. The van der Waals surface area contributed by atoms with Crippen molar-refractivity contribution < 1.29 is 4.74 Å². The number of hydrogen-bond acceptors (Lipinski definition) is 4. The van der Waals surface area contributed by atoms with Gasteiger partial charge in [0.05, 0.1) is 12.6 Å². The highest BCUT2D eigenvalue weighted by atomic mass is 16.5. The number of nitrogens with zero attached hydrogens (tertiary/aromatic N) is 3. The number of benzene rings is 1. The van der Waals surface area contributed by atoms with Crippen molar-refractivity contribution in [2.75, 3.05) is 31.6 Å². The monoisotopic (exact) mass is 409 g/mol.